The lowest BCUT2D eigenvalue weighted by molar-refractivity contribution is -0.110. The van der Waals surface area contributed by atoms with Crippen LogP contribution in [0.1, 0.15) is 22.9 Å². The van der Waals surface area contributed by atoms with E-state index in [-0.39, 0.29) is 6.04 Å². The predicted octanol–water partition coefficient (Wildman–Crippen LogP) is 4.04. The van der Waals surface area contributed by atoms with Gasteiger partial charge in [-0.15, -0.1) is 0 Å². The second-order valence-electron chi connectivity index (χ2n) is 5.72. The fourth-order valence-electron chi connectivity index (χ4n) is 2.58. The maximum atomic E-state index is 11.5. The summed E-state index contributed by atoms with van der Waals surface area (Å²) in [6.45, 7) is 0. The molecule has 1 unspecified atom stereocenters. The van der Waals surface area contributed by atoms with Gasteiger partial charge in [-0.05, 0) is 35.4 Å². The Kier molecular flexibility index (Phi) is 5.42. The predicted molar refractivity (Wildman–Crippen MR) is 99.4 cm³/mol. The average Bonchev–Trinajstić information content (AvgIpc) is 3.14. The van der Waals surface area contributed by atoms with Crippen molar-refractivity contribution in [3.8, 4) is 5.75 Å². The molecule has 0 aliphatic carbocycles. The van der Waals surface area contributed by atoms with Gasteiger partial charge in [-0.3, -0.25) is 4.68 Å². The highest BCUT2D eigenvalue weighted by Gasteiger charge is 2.12. The van der Waals surface area contributed by atoms with Crippen molar-refractivity contribution in [3.63, 3.8) is 0 Å². The zero-order chi connectivity index (χ0) is 17.5. The molecule has 4 nitrogen and oxygen atoms in total. The van der Waals surface area contributed by atoms with Crippen molar-refractivity contribution in [1.82, 2.24) is 9.78 Å². The molecule has 0 saturated carbocycles. The number of hydrogen-bond donors (Lipinski definition) is 0. The van der Waals surface area contributed by atoms with Gasteiger partial charge in [0.25, 0.3) is 0 Å². The van der Waals surface area contributed by atoms with Gasteiger partial charge < -0.3 is 9.53 Å². The summed E-state index contributed by atoms with van der Waals surface area (Å²) in [6, 6.07) is 19.4. The third kappa shape index (κ3) is 4.44. The number of nitrogens with zero attached hydrogens (tertiary/aromatic N) is 2. The molecular weight excluding hydrogens is 312 g/mol. The summed E-state index contributed by atoms with van der Waals surface area (Å²) >= 11 is 0. The zero-order valence-corrected chi connectivity index (χ0v) is 14.1. The van der Waals surface area contributed by atoms with E-state index in [4.69, 9.17) is 4.74 Å². The first-order chi connectivity index (χ1) is 12.3. The number of carbonyl (C=O) groups is 1. The number of aldehydes is 1. The molecule has 0 spiro atoms. The summed E-state index contributed by atoms with van der Waals surface area (Å²) in [7, 11) is 1.64. The normalized spacial score (nSPS) is 12.2. The molecule has 0 aliphatic heterocycles. The Balaban J connectivity index is 1.70. The van der Waals surface area contributed by atoms with Gasteiger partial charge >= 0.3 is 0 Å². The molecule has 0 amide bonds. The van der Waals surface area contributed by atoms with Crippen molar-refractivity contribution >= 4 is 18.4 Å². The lowest BCUT2D eigenvalue weighted by atomic mass is 10.1. The van der Waals surface area contributed by atoms with Gasteiger partial charge in [-0.2, -0.15) is 5.10 Å². The van der Waals surface area contributed by atoms with E-state index in [1.165, 1.54) is 0 Å². The Morgan fingerprint density at radius 2 is 1.80 bits per heavy atom. The van der Waals surface area contributed by atoms with E-state index < -0.39 is 0 Å². The van der Waals surface area contributed by atoms with Crippen LogP contribution in [0.3, 0.4) is 0 Å². The number of methoxy groups -OCH3 is 1. The van der Waals surface area contributed by atoms with E-state index in [0.717, 1.165) is 28.9 Å². The molecule has 1 aromatic heterocycles. The number of rotatable bonds is 7. The highest BCUT2D eigenvalue weighted by Crippen LogP contribution is 2.17. The second kappa shape index (κ2) is 8.11. The third-order valence-corrected chi connectivity index (χ3v) is 3.98. The molecule has 0 bridgehead atoms. The average molecular weight is 332 g/mol. The third-order valence-electron chi connectivity index (χ3n) is 3.98. The Labute approximate surface area is 147 Å². The fourth-order valence-corrected chi connectivity index (χ4v) is 2.58. The van der Waals surface area contributed by atoms with Crippen LogP contribution in [-0.4, -0.2) is 23.2 Å². The first-order valence-corrected chi connectivity index (χ1v) is 8.15. The first kappa shape index (κ1) is 16.7. The largest absolute Gasteiger partial charge is 0.497 e. The van der Waals surface area contributed by atoms with Crippen LogP contribution in [-0.2, 0) is 11.2 Å². The lowest BCUT2D eigenvalue weighted by Gasteiger charge is -2.11. The molecule has 0 N–H and O–H groups in total. The van der Waals surface area contributed by atoms with Crippen LogP contribution in [0.5, 0.6) is 5.75 Å². The summed E-state index contributed by atoms with van der Waals surface area (Å²) in [5, 5.41) is 4.50. The number of aromatic nitrogens is 2. The van der Waals surface area contributed by atoms with Gasteiger partial charge in [0.15, 0.2) is 0 Å². The highest BCUT2D eigenvalue weighted by atomic mass is 16.5. The number of benzene rings is 2. The summed E-state index contributed by atoms with van der Waals surface area (Å²) < 4.78 is 6.87. The van der Waals surface area contributed by atoms with Crippen LogP contribution >= 0.6 is 0 Å². The van der Waals surface area contributed by atoms with Crippen LogP contribution in [0, 0.1) is 0 Å². The highest BCUT2D eigenvalue weighted by molar-refractivity contribution is 5.67. The minimum Gasteiger partial charge on any atom is -0.497 e. The van der Waals surface area contributed by atoms with Crippen LogP contribution in [0.25, 0.3) is 12.2 Å². The first-order valence-electron chi connectivity index (χ1n) is 8.15. The van der Waals surface area contributed by atoms with Gasteiger partial charge in [0.1, 0.15) is 18.1 Å². The number of ether oxygens (including phenoxy) is 1. The maximum absolute atomic E-state index is 11.5. The molecule has 0 fully saturated rings. The molecule has 25 heavy (non-hydrogen) atoms. The standard InChI is InChI=1S/C21H20N2O2/c1-25-21-11-8-18(9-12-21)15-20(16-24)23-14-13-19(22-23)10-7-17-5-3-2-4-6-17/h2-14,16,20H,15H2,1H3. The van der Waals surface area contributed by atoms with Gasteiger partial charge in [0.05, 0.1) is 12.8 Å². The van der Waals surface area contributed by atoms with Crippen molar-refractivity contribution in [2.45, 2.75) is 12.5 Å². The molecular formula is C21H20N2O2. The Hall–Kier alpha value is -3.14. The van der Waals surface area contributed by atoms with E-state index in [9.17, 15) is 4.79 Å². The minimum atomic E-state index is -0.327. The molecule has 126 valence electrons. The molecule has 0 radical (unpaired) electrons. The molecule has 0 aliphatic rings. The van der Waals surface area contributed by atoms with Crippen LogP contribution in [0.4, 0.5) is 0 Å². The Morgan fingerprint density at radius 1 is 1.04 bits per heavy atom. The van der Waals surface area contributed by atoms with Gasteiger partial charge in [-0.1, -0.05) is 48.5 Å². The molecule has 2 aromatic carbocycles. The van der Waals surface area contributed by atoms with E-state index in [1.807, 2.05) is 79.0 Å². The van der Waals surface area contributed by atoms with Gasteiger partial charge in [0.2, 0.25) is 0 Å². The van der Waals surface area contributed by atoms with Crippen LogP contribution in [0.15, 0.2) is 66.9 Å². The SMILES string of the molecule is COc1ccc(CC(C=O)n2ccc(C=Cc3ccccc3)n2)cc1. The fraction of sp³-hybridized carbons (Fsp3) is 0.143. The van der Waals surface area contributed by atoms with Crippen LogP contribution in [0.2, 0.25) is 0 Å². The van der Waals surface area contributed by atoms with E-state index in [2.05, 4.69) is 5.10 Å². The molecule has 0 saturated heterocycles. The van der Waals surface area contributed by atoms with E-state index in [0.29, 0.717) is 6.42 Å². The minimum absolute atomic E-state index is 0.327. The van der Waals surface area contributed by atoms with Gasteiger partial charge in [0, 0.05) is 12.6 Å². The molecule has 1 heterocycles. The molecule has 3 rings (SSSR count). The monoisotopic (exact) mass is 332 g/mol. The van der Waals surface area contributed by atoms with Crippen molar-refractivity contribution in [2.24, 2.45) is 0 Å². The quantitative estimate of drug-likeness (QED) is 0.613. The summed E-state index contributed by atoms with van der Waals surface area (Å²) in [5.41, 5.74) is 3.00. The molecule has 3 aromatic rings. The van der Waals surface area contributed by atoms with Crippen molar-refractivity contribution in [2.75, 3.05) is 7.11 Å². The summed E-state index contributed by atoms with van der Waals surface area (Å²) in [6.07, 6.45) is 7.32. The van der Waals surface area contributed by atoms with Crippen molar-refractivity contribution < 1.29 is 9.53 Å². The number of carbonyl (C=O) groups excluding carboxylic acids is 1. The summed E-state index contributed by atoms with van der Waals surface area (Å²) in [4.78, 5) is 11.5. The van der Waals surface area contributed by atoms with E-state index in [1.54, 1.807) is 11.8 Å². The second-order valence-corrected chi connectivity index (χ2v) is 5.72. The van der Waals surface area contributed by atoms with Crippen LogP contribution < -0.4 is 4.74 Å². The van der Waals surface area contributed by atoms with Crippen molar-refractivity contribution in [1.29, 1.82) is 0 Å². The molecule has 1 atom stereocenters. The topological polar surface area (TPSA) is 44.1 Å². The molecule has 4 heteroatoms. The summed E-state index contributed by atoms with van der Waals surface area (Å²) in [5.74, 6) is 0.804. The van der Waals surface area contributed by atoms with E-state index >= 15 is 0 Å². The number of hydrogen-bond acceptors (Lipinski definition) is 3. The maximum Gasteiger partial charge on any atom is 0.144 e. The Bertz CT molecular complexity index is 836. The van der Waals surface area contributed by atoms with Crippen molar-refractivity contribution in [3.05, 3.63) is 83.7 Å². The Morgan fingerprint density at radius 3 is 2.48 bits per heavy atom. The lowest BCUT2D eigenvalue weighted by Crippen LogP contribution is -2.14. The van der Waals surface area contributed by atoms with Gasteiger partial charge in [-0.25, -0.2) is 0 Å². The smallest absolute Gasteiger partial charge is 0.144 e. The zero-order valence-electron chi connectivity index (χ0n) is 14.1.